The van der Waals surface area contributed by atoms with Crippen molar-refractivity contribution in [2.45, 2.75) is 0 Å². The molecule has 1 aromatic rings. The van der Waals surface area contributed by atoms with Crippen molar-refractivity contribution in [3.63, 3.8) is 0 Å². The van der Waals surface area contributed by atoms with E-state index in [0.717, 1.165) is 5.56 Å². The lowest BCUT2D eigenvalue weighted by atomic mass is 10.1. The molecule has 0 spiro atoms. The van der Waals surface area contributed by atoms with Gasteiger partial charge in [0.05, 0.1) is 10.9 Å². The van der Waals surface area contributed by atoms with Crippen LogP contribution in [0.25, 0.3) is 11.8 Å². The average molecular weight is 198 g/mol. The van der Waals surface area contributed by atoms with Gasteiger partial charge in [-0.1, -0.05) is 6.08 Å². The minimum Gasteiger partial charge on any atom is -0.507 e. The zero-order chi connectivity index (χ0) is 10.4. The Morgan fingerprint density at radius 2 is 2.07 bits per heavy atom. The number of carbonyl (C=O) groups excluding carboxylic acids is 1. The van der Waals surface area contributed by atoms with E-state index in [1.54, 1.807) is 24.3 Å². The fourth-order valence-corrected chi connectivity index (χ4v) is 1.71. The minimum atomic E-state index is -0.317. The first-order chi connectivity index (χ1) is 7.25. The maximum atomic E-state index is 11.4. The molecule has 0 fully saturated rings. The Balaban J connectivity index is 2.46. The summed E-state index contributed by atoms with van der Waals surface area (Å²) in [5, 5.41) is 10.8. The summed E-state index contributed by atoms with van der Waals surface area (Å²) in [5.41, 5.74) is 1.31. The largest absolute Gasteiger partial charge is 0.507 e. The van der Waals surface area contributed by atoms with Crippen LogP contribution in [-0.4, -0.2) is 17.4 Å². The highest BCUT2D eigenvalue weighted by molar-refractivity contribution is 6.00. The van der Waals surface area contributed by atoms with Crippen LogP contribution >= 0.6 is 0 Å². The summed E-state index contributed by atoms with van der Waals surface area (Å²) >= 11 is 0. The summed E-state index contributed by atoms with van der Waals surface area (Å²) in [6.07, 6.45) is 4.64. The lowest BCUT2D eigenvalue weighted by molar-refractivity contribution is 0.100. The van der Waals surface area contributed by atoms with Crippen LogP contribution in [0.3, 0.4) is 0 Å². The summed E-state index contributed by atoms with van der Waals surface area (Å²) in [6.45, 7) is 0. The maximum Gasteiger partial charge on any atom is 0.280 e. The Morgan fingerprint density at radius 3 is 2.93 bits per heavy atom. The minimum absolute atomic E-state index is 0.176. The van der Waals surface area contributed by atoms with Crippen molar-refractivity contribution in [1.82, 2.24) is 0 Å². The molecule has 1 heterocycles. The van der Waals surface area contributed by atoms with Gasteiger partial charge in [-0.05, 0) is 23.8 Å². The number of aliphatic hydroxyl groups excluding tert-OH is 1. The van der Waals surface area contributed by atoms with Crippen molar-refractivity contribution in [3.05, 3.63) is 39.9 Å². The predicted octanol–water partition coefficient (Wildman–Crippen LogP) is 0.181. The molecule has 4 nitrogen and oxygen atoms in total. The zero-order valence-corrected chi connectivity index (χ0v) is 7.64. The van der Waals surface area contributed by atoms with Gasteiger partial charge < -0.3 is 5.11 Å². The van der Waals surface area contributed by atoms with E-state index >= 15 is 0 Å². The predicted molar refractivity (Wildman–Crippen MR) is 55.1 cm³/mol. The third kappa shape index (κ3) is 1.05. The molecule has 3 rings (SSSR count). The number of fused-ring (bicyclic) bond motifs is 2. The van der Waals surface area contributed by atoms with Gasteiger partial charge in [-0.2, -0.15) is 4.99 Å². The van der Waals surface area contributed by atoms with E-state index in [2.05, 4.69) is 9.98 Å². The highest BCUT2D eigenvalue weighted by Gasteiger charge is 2.14. The fourth-order valence-electron chi connectivity index (χ4n) is 1.71. The van der Waals surface area contributed by atoms with Crippen molar-refractivity contribution in [2.75, 3.05) is 0 Å². The maximum absolute atomic E-state index is 11.4. The molecule has 1 amide bonds. The van der Waals surface area contributed by atoms with Crippen molar-refractivity contribution in [2.24, 2.45) is 9.98 Å². The van der Waals surface area contributed by atoms with E-state index in [9.17, 15) is 9.90 Å². The second-order valence-corrected chi connectivity index (χ2v) is 3.35. The lowest BCUT2D eigenvalue weighted by Gasteiger charge is -2.01. The summed E-state index contributed by atoms with van der Waals surface area (Å²) < 4.78 is 0. The summed E-state index contributed by atoms with van der Waals surface area (Å²) in [6, 6.07) is 3.40. The van der Waals surface area contributed by atoms with Crippen LogP contribution in [0.1, 0.15) is 15.9 Å². The molecule has 1 aromatic carbocycles. The first-order valence-corrected chi connectivity index (χ1v) is 4.46. The number of hydrogen-bond donors (Lipinski definition) is 1. The van der Waals surface area contributed by atoms with Crippen LogP contribution in [0.5, 0.6) is 0 Å². The van der Waals surface area contributed by atoms with Crippen molar-refractivity contribution in [1.29, 1.82) is 0 Å². The smallest absolute Gasteiger partial charge is 0.280 e. The number of nitrogens with zero attached hydrogens (tertiary/aromatic N) is 2. The normalized spacial score (nSPS) is 16.3. The number of aliphatic imine (C=N–C) groups is 1. The molecule has 0 radical (unpaired) electrons. The standard InChI is InChI=1S/C11H6N2O2/c14-10-2-1-6-3-9-8(4-7(6)10)11(15)13-5-12-9/h1-5,14H. The molecule has 2 aliphatic rings. The number of hydrogen-bond acceptors (Lipinski definition) is 3. The van der Waals surface area contributed by atoms with Crippen LogP contribution in [0, 0.1) is 0 Å². The fraction of sp³-hybridized carbons (Fsp3) is 0. The van der Waals surface area contributed by atoms with E-state index < -0.39 is 0 Å². The van der Waals surface area contributed by atoms with Crippen LogP contribution in [0.4, 0.5) is 0 Å². The number of carbonyl (C=O) groups is 1. The second-order valence-electron chi connectivity index (χ2n) is 3.35. The van der Waals surface area contributed by atoms with Crippen molar-refractivity contribution < 1.29 is 9.90 Å². The van der Waals surface area contributed by atoms with Gasteiger partial charge in [0.2, 0.25) is 0 Å². The van der Waals surface area contributed by atoms with Gasteiger partial charge in [-0.3, -0.25) is 4.79 Å². The Kier molecular flexibility index (Phi) is 1.42. The molecule has 1 aliphatic carbocycles. The average Bonchev–Trinajstić information content (AvgIpc) is 2.59. The highest BCUT2D eigenvalue weighted by atomic mass is 16.3. The molecule has 0 saturated carbocycles. The summed E-state index contributed by atoms with van der Waals surface area (Å²) in [4.78, 5) is 19.0. The molecule has 1 N–H and O–H groups in total. The van der Waals surface area contributed by atoms with Crippen LogP contribution < -0.4 is 10.6 Å². The molecular weight excluding hydrogens is 192 g/mol. The molecule has 0 unspecified atom stereocenters. The van der Waals surface area contributed by atoms with Gasteiger partial charge >= 0.3 is 0 Å². The van der Waals surface area contributed by atoms with Gasteiger partial charge in [0.15, 0.2) is 0 Å². The third-order valence-electron chi connectivity index (χ3n) is 2.47. The molecule has 0 aromatic heterocycles. The quantitative estimate of drug-likeness (QED) is 0.646. The van der Waals surface area contributed by atoms with Crippen LogP contribution in [0.15, 0.2) is 28.2 Å². The Bertz CT molecular complexity index is 654. The Morgan fingerprint density at radius 1 is 1.20 bits per heavy atom. The van der Waals surface area contributed by atoms with E-state index in [0.29, 0.717) is 16.1 Å². The van der Waals surface area contributed by atoms with Crippen molar-refractivity contribution >= 4 is 24.1 Å². The van der Waals surface area contributed by atoms with Gasteiger partial charge in [0, 0.05) is 5.22 Å². The van der Waals surface area contributed by atoms with Gasteiger partial charge in [0.1, 0.15) is 12.1 Å². The molecule has 72 valence electrons. The third-order valence-corrected chi connectivity index (χ3v) is 2.47. The molecular formula is C11H6N2O2. The molecule has 0 saturated heterocycles. The van der Waals surface area contributed by atoms with E-state index in [-0.39, 0.29) is 11.7 Å². The summed E-state index contributed by atoms with van der Waals surface area (Å²) in [7, 11) is 0. The first kappa shape index (κ1) is 8.11. The molecule has 0 bridgehead atoms. The Labute approximate surface area is 84.6 Å². The Hall–Kier alpha value is -2.23. The van der Waals surface area contributed by atoms with Crippen LogP contribution in [-0.2, 0) is 0 Å². The van der Waals surface area contributed by atoms with E-state index in [1.165, 1.54) is 6.34 Å². The molecule has 1 aliphatic heterocycles. The molecule has 0 atom stereocenters. The second kappa shape index (κ2) is 2.63. The molecule has 4 heteroatoms. The number of rotatable bonds is 0. The van der Waals surface area contributed by atoms with Gasteiger partial charge in [0.25, 0.3) is 5.91 Å². The monoisotopic (exact) mass is 198 g/mol. The van der Waals surface area contributed by atoms with E-state index in [1.807, 2.05) is 0 Å². The van der Waals surface area contributed by atoms with Crippen LogP contribution in [0.2, 0.25) is 0 Å². The van der Waals surface area contributed by atoms with Gasteiger partial charge in [-0.15, -0.1) is 0 Å². The zero-order valence-electron chi connectivity index (χ0n) is 7.64. The molecule has 15 heavy (non-hydrogen) atoms. The first-order valence-electron chi connectivity index (χ1n) is 4.46. The van der Waals surface area contributed by atoms with Crippen molar-refractivity contribution in [3.8, 4) is 0 Å². The number of amides is 1. The van der Waals surface area contributed by atoms with Gasteiger partial charge in [-0.25, -0.2) is 4.99 Å². The summed E-state index contributed by atoms with van der Waals surface area (Å²) in [5.74, 6) is -0.141. The SMILES string of the molecule is O=C1N=CN=c2cc3c(cc21)=C(O)C=C3. The highest BCUT2D eigenvalue weighted by Crippen LogP contribution is 2.08. The topological polar surface area (TPSA) is 62.0 Å². The lowest BCUT2D eigenvalue weighted by Crippen LogP contribution is -2.23. The number of benzene rings is 1. The number of aliphatic hydroxyl groups is 1. The van der Waals surface area contributed by atoms with E-state index in [4.69, 9.17) is 0 Å².